The number of ether oxygens (including phenoxy) is 1. The van der Waals surface area contributed by atoms with Crippen LogP contribution >= 0.6 is 11.6 Å². The lowest BCUT2D eigenvalue weighted by Crippen LogP contribution is -2.32. The number of imide groups is 1. The summed E-state index contributed by atoms with van der Waals surface area (Å²) in [5.41, 5.74) is 1.74. The Morgan fingerprint density at radius 2 is 1.50 bits per heavy atom. The van der Waals surface area contributed by atoms with E-state index in [9.17, 15) is 14.0 Å². The molecule has 4 rings (SSSR count). The highest BCUT2D eigenvalue weighted by molar-refractivity contribution is 6.46. The van der Waals surface area contributed by atoms with Gasteiger partial charge in [0.05, 0.1) is 18.4 Å². The zero-order valence-electron chi connectivity index (χ0n) is 15.9. The van der Waals surface area contributed by atoms with Crippen LogP contribution in [0.3, 0.4) is 0 Å². The quantitative estimate of drug-likeness (QED) is 0.595. The monoisotopic (exact) mass is 422 g/mol. The van der Waals surface area contributed by atoms with Gasteiger partial charge in [0.25, 0.3) is 11.8 Å². The molecule has 0 unspecified atom stereocenters. The van der Waals surface area contributed by atoms with Gasteiger partial charge in [-0.2, -0.15) is 0 Å². The fourth-order valence-electron chi connectivity index (χ4n) is 3.17. The van der Waals surface area contributed by atoms with Gasteiger partial charge in [0.15, 0.2) is 0 Å². The van der Waals surface area contributed by atoms with Gasteiger partial charge >= 0.3 is 0 Å². The molecule has 0 radical (unpaired) electrons. The molecule has 0 fully saturated rings. The normalized spacial score (nSPS) is 13.8. The number of amides is 2. The fraction of sp³-hybridized carbons (Fsp3) is 0.0435. The van der Waals surface area contributed by atoms with Crippen LogP contribution in [0.15, 0.2) is 78.5 Å². The molecule has 5 nitrogen and oxygen atoms in total. The van der Waals surface area contributed by atoms with Crippen molar-refractivity contribution in [2.75, 3.05) is 17.3 Å². The number of methoxy groups -OCH3 is 1. The number of anilines is 2. The van der Waals surface area contributed by atoms with Crippen LogP contribution in [0.5, 0.6) is 5.75 Å². The Morgan fingerprint density at radius 1 is 0.867 bits per heavy atom. The molecule has 1 heterocycles. The van der Waals surface area contributed by atoms with E-state index in [1.807, 2.05) is 0 Å². The van der Waals surface area contributed by atoms with Crippen LogP contribution in [0.1, 0.15) is 5.56 Å². The van der Waals surface area contributed by atoms with Crippen LogP contribution in [0.4, 0.5) is 15.8 Å². The molecular weight excluding hydrogens is 407 g/mol. The Labute approximate surface area is 177 Å². The van der Waals surface area contributed by atoms with Gasteiger partial charge < -0.3 is 10.1 Å². The third-order valence-corrected chi connectivity index (χ3v) is 4.91. The molecule has 0 aromatic heterocycles. The number of hydrogen-bond acceptors (Lipinski definition) is 4. The molecule has 2 amide bonds. The third-order valence-electron chi connectivity index (χ3n) is 4.66. The van der Waals surface area contributed by atoms with Crippen LogP contribution in [-0.2, 0) is 9.59 Å². The second-order valence-electron chi connectivity index (χ2n) is 6.53. The first-order valence-electron chi connectivity index (χ1n) is 9.03. The smallest absolute Gasteiger partial charge is 0.282 e. The average molecular weight is 423 g/mol. The van der Waals surface area contributed by atoms with E-state index in [2.05, 4.69) is 5.32 Å². The Hall–Kier alpha value is -3.64. The van der Waals surface area contributed by atoms with Gasteiger partial charge in [0, 0.05) is 10.7 Å². The van der Waals surface area contributed by atoms with Gasteiger partial charge in [-0.05, 0) is 66.2 Å². The molecule has 0 atom stereocenters. The predicted molar refractivity (Wildman–Crippen MR) is 114 cm³/mol. The fourth-order valence-corrected chi connectivity index (χ4v) is 3.30. The maximum atomic E-state index is 13.3. The van der Waals surface area contributed by atoms with E-state index < -0.39 is 17.6 Å². The second-order valence-corrected chi connectivity index (χ2v) is 6.97. The first-order valence-corrected chi connectivity index (χ1v) is 9.41. The van der Waals surface area contributed by atoms with Crippen LogP contribution in [0, 0.1) is 5.82 Å². The highest BCUT2D eigenvalue weighted by Gasteiger charge is 2.40. The van der Waals surface area contributed by atoms with Crippen LogP contribution < -0.4 is 15.0 Å². The average Bonchev–Trinajstić information content (AvgIpc) is 3.00. The summed E-state index contributed by atoms with van der Waals surface area (Å²) < 4.78 is 18.4. The van der Waals surface area contributed by atoms with Crippen molar-refractivity contribution in [3.8, 4) is 5.75 Å². The first-order chi connectivity index (χ1) is 14.5. The zero-order chi connectivity index (χ0) is 21.3. The van der Waals surface area contributed by atoms with Gasteiger partial charge in [-0.25, -0.2) is 9.29 Å². The van der Waals surface area contributed by atoms with Crippen molar-refractivity contribution in [1.82, 2.24) is 0 Å². The lowest BCUT2D eigenvalue weighted by molar-refractivity contribution is -0.120. The minimum atomic E-state index is -0.514. The number of halogens is 2. The first kappa shape index (κ1) is 19.7. The standard InChI is InChI=1S/C23H16ClFN2O3/c1-30-19-12-10-18(11-13-19)27-22(28)20(14-2-4-15(24)5-3-14)21(23(27)29)26-17-8-6-16(25)7-9-17/h2-13,26H,1H3. The zero-order valence-corrected chi connectivity index (χ0v) is 16.6. The van der Waals surface area contributed by atoms with E-state index >= 15 is 0 Å². The van der Waals surface area contributed by atoms with E-state index in [4.69, 9.17) is 16.3 Å². The summed E-state index contributed by atoms with van der Waals surface area (Å²) in [6, 6.07) is 18.8. The second kappa shape index (κ2) is 8.00. The minimum absolute atomic E-state index is 0.102. The summed E-state index contributed by atoms with van der Waals surface area (Å²) in [5.74, 6) is -0.786. The summed E-state index contributed by atoms with van der Waals surface area (Å²) in [5, 5.41) is 3.49. The molecule has 0 spiro atoms. The number of nitrogens with zero attached hydrogens (tertiary/aromatic N) is 1. The molecule has 1 N–H and O–H groups in total. The van der Waals surface area contributed by atoms with Crippen molar-refractivity contribution in [1.29, 1.82) is 0 Å². The number of rotatable bonds is 5. The SMILES string of the molecule is COc1ccc(N2C(=O)C(Nc3ccc(F)cc3)=C(c3ccc(Cl)cc3)C2=O)cc1. The predicted octanol–water partition coefficient (Wildman–Crippen LogP) is 4.88. The van der Waals surface area contributed by atoms with Crippen LogP contribution in [0.2, 0.25) is 5.02 Å². The maximum Gasteiger partial charge on any atom is 0.282 e. The summed E-state index contributed by atoms with van der Waals surface area (Å²) in [6.45, 7) is 0. The molecule has 7 heteroatoms. The molecule has 1 aliphatic heterocycles. The Bertz CT molecular complexity index is 1140. The summed E-state index contributed by atoms with van der Waals surface area (Å²) >= 11 is 5.98. The summed E-state index contributed by atoms with van der Waals surface area (Å²) in [7, 11) is 1.53. The Balaban J connectivity index is 1.78. The van der Waals surface area contributed by atoms with Gasteiger partial charge in [0.2, 0.25) is 0 Å². The molecule has 0 aliphatic carbocycles. The molecule has 150 valence electrons. The molecule has 0 saturated carbocycles. The molecule has 30 heavy (non-hydrogen) atoms. The van der Waals surface area contributed by atoms with E-state index in [0.717, 1.165) is 4.90 Å². The largest absolute Gasteiger partial charge is 0.497 e. The highest BCUT2D eigenvalue weighted by atomic mass is 35.5. The summed E-state index contributed by atoms with van der Waals surface area (Å²) in [6.07, 6.45) is 0. The molecular formula is C23H16ClFN2O3. The van der Waals surface area contributed by atoms with Gasteiger partial charge in [0.1, 0.15) is 17.3 Å². The number of hydrogen-bond donors (Lipinski definition) is 1. The Kier molecular flexibility index (Phi) is 5.25. The highest BCUT2D eigenvalue weighted by Crippen LogP contribution is 2.34. The van der Waals surface area contributed by atoms with Crippen molar-refractivity contribution in [3.63, 3.8) is 0 Å². The van der Waals surface area contributed by atoms with Gasteiger partial charge in [-0.15, -0.1) is 0 Å². The molecule has 0 bridgehead atoms. The van der Waals surface area contributed by atoms with E-state index in [-0.39, 0.29) is 11.3 Å². The topological polar surface area (TPSA) is 58.6 Å². The van der Waals surface area contributed by atoms with Crippen molar-refractivity contribution in [2.45, 2.75) is 0 Å². The van der Waals surface area contributed by atoms with Crippen molar-refractivity contribution in [2.24, 2.45) is 0 Å². The lowest BCUT2D eigenvalue weighted by atomic mass is 10.0. The van der Waals surface area contributed by atoms with E-state index in [1.165, 1.54) is 31.4 Å². The van der Waals surface area contributed by atoms with Crippen molar-refractivity contribution < 1.29 is 18.7 Å². The van der Waals surface area contributed by atoms with Crippen molar-refractivity contribution >= 4 is 40.4 Å². The van der Waals surface area contributed by atoms with Crippen molar-refractivity contribution in [3.05, 3.63) is 94.9 Å². The van der Waals surface area contributed by atoms with Gasteiger partial charge in [-0.3, -0.25) is 9.59 Å². The van der Waals surface area contributed by atoms with Gasteiger partial charge in [-0.1, -0.05) is 23.7 Å². The number of nitrogens with one attached hydrogen (secondary N) is 1. The lowest BCUT2D eigenvalue weighted by Gasteiger charge is -2.16. The number of carbonyl (C=O) groups excluding carboxylic acids is 2. The molecule has 0 saturated heterocycles. The molecule has 3 aromatic rings. The minimum Gasteiger partial charge on any atom is -0.497 e. The number of carbonyl (C=O) groups is 2. The third kappa shape index (κ3) is 3.65. The number of benzene rings is 3. The van der Waals surface area contributed by atoms with E-state index in [1.54, 1.807) is 48.5 Å². The van der Waals surface area contributed by atoms with E-state index in [0.29, 0.717) is 27.7 Å². The molecule has 3 aromatic carbocycles. The molecule has 1 aliphatic rings. The van der Waals surface area contributed by atoms with Crippen LogP contribution in [-0.4, -0.2) is 18.9 Å². The maximum absolute atomic E-state index is 13.3. The Morgan fingerprint density at radius 3 is 2.10 bits per heavy atom. The summed E-state index contributed by atoms with van der Waals surface area (Å²) in [4.78, 5) is 27.6. The van der Waals surface area contributed by atoms with Crippen LogP contribution in [0.25, 0.3) is 5.57 Å².